The predicted octanol–water partition coefficient (Wildman–Crippen LogP) is 5.45. The Morgan fingerprint density at radius 2 is 1.54 bits per heavy atom. The summed E-state index contributed by atoms with van der Waals surface area (Å²) in [6.07, 6.45) is 3.83. The Morgan fingerprint density at radius 1 is 0.829 bits per heavy atom. The number of fused-ring (bicyclic) bond motifs is 6. The van der Waals surface area contributed by atoms with Crippen molar-refractivity contribution >= 4 is 40.6 Å². The van der Waals surface area contributed by atoms with E-state index in [0.717, 1.165) is 5.56 Å². The second-order valence-corrected chi connectivity index (χ2v) is 10.5. The smallest absolute Gasteiger partial charge is 0.270 e. The van der Waals surface area contributed by atoms with Crippen molar-refractivity contribution in [1.82, 2.24) is 0 Å². The fourth-order valence-corrected chi connectivity index (χ4v) is 6.85. The monoisotopic (exact) mass is 541 g/mol. The summed E-state index contributed by atoms with van der Waals surface area (Å²) in [5, 5.41) is 14.6. The van der Waals surface area contributed by atoms with Crippen LogP contribution in [0.25, 0.3) is 6.08 Å². The molecule has 1 spiro atoms. The molecular formula is C33H23N3O5. The number of nitrogens with one attached hydrogen (secondary N) is 1. The van der Waals surface area contributed by atoms with E-state index in [9.17, 15) is 24.5 Å². The van der Waals surface area contributed by atoms with Gasteiger partial charge in [-0.15, -0.1) is 0 Å². The van der Waals surface area contributed by atoms with E-state index in [-0.39, 0.29) is 22.9 Å². The minimum atomic E-state index is -1.44. The number of hydrogen-bond acceptors (Lipinski definition) is 6. The van der Waals surface area contributed by atoms with Crippen molar-refractivity contribution in [3.05, 3.63) is 142 Å². The highest BCUT2D eigenvalue weighted by atomic mass is 16.6. The number of carbonyl (C=O) groups excluding carboxylic acids is 3. The number of para-hydroxylation sites is 2. The van der Waals surface area contributed by atoms with Gasteiger partial charge in [-0.25, -0.2) is 0 Å². The molecule has 1 N–H and O–H groups in total. The largest absolute Gasteiger partial charge is 0.352 e. The highest BCUT2D eigenvalue weighted by molar-refractivity contribution is 6.18. The van der Waals surface area contributed by atoms with E-state index in [1.165, 1.54) is 24.3 Å². The first-order valence-corrected chi connectivity index (χ1v) is 13.3. The van der Waals surface area contributed by atoms with Gasteiger partial charge in [-0.1, -0.05) is 91.0 Å². The molecule has 1 saturated heterocycles. The van der Waals surface area contributed by atoms with Gasteiger partial charge in [-0.2, -0.15) is 0 Å². The minimum Gasteiger partial charge on any atom is -0.352 e. The number of benzene rings is 4. The van der Waals surface area contributed by atoms with Gasteiger partial charge in [0.05, 0.1) is 16.9 Å². The molecule has 4 atom stereocenters. The number of non-ortho nitro benzene ring substituents is 1. The highest BCUT2D eigenvalue weighted by Gasteiger charge is 2.70. The van der Waals surface area contributed by atoms with Crippen molar-refractivity contribution in [2.75, 3.05) is 10.2 Å². The van der Waals surface area contributed by atoms with Crippen molar-refractivity contribution in [2.24, 2.45) is 5.92 Å². The molecule has 3 aliphatic heterocycles. The number of rotatable bonds is 5. The van der Waals surface area contributed by atoms with Crippen molar-refractivity contribution in [3.8, 4) is 0 Å². The van der Waals surface area contributed by atoms with Gasteiger partial charge in [-0.3, -0.25) is 24.5 Å². The zero-order chi connectivity index (χ0) is 28.3. The third-order valence-electron chi connectivity index (χ3n) is 8.49. The van der Waals surface area contributed by atoms with Crippen LogP contribution >= 0.6 is 0 Å². The van der Waals surface area contributed by atoms with E-state index >= 15 is 0 Å². The lowest BCUT2D eigenvalue weighted by atomic mass is 9.64. The molecule has 0 unspecified atom stereocenters. The van der Waals surface area contributed by atoms with Crippen LogP contribution in [-0.4, -0.2) is 34.5 Å². The van der Waals surface area contributed by atoms with Gasteiger partial charge < -0.3 is 10.2 Å². The Bertz CT molecular complexity index is 1800. The van der Waals surface area contributed by atoms with Crippen LogP contribution in [0.15, 0.2) is 109 Å². The van der Waals surface area contributed by atoms with Gasteiger partial charge >= 0.3 is 0 Å². The molecule has 1 amide bonds. The standard InChI is InChI=1S/C33H23N3O5/c37-30(21-10-2-1-3-11-21)28-29(31(38)22-12-8-13-23(19-22)36(40)41)35-26-16-7-4-9-20(26)17-18-27(35)33(28)24-14-5-6-15-25(24)34-32(33)39/h1-19,27-29H,(H,34,39)/t27-,28+,29-,33-/m1/s1. The first kappa shape index (κ1) is 24.7. The Kier molecular flexibility index (Phi) is 5.47. The molecule has 8 heteroatoms. The van der Waals surface area contributed by atoms with E-state index in [1.54, 1.807) is 36.4 Å². The van der Waals surface area contributed by atoms with E-state index < -0.39 is 34.1 Å². The lowest BCUT2D eigenvalue weighted by molar-refractivity contribution is -0.384. The predicted molar refractivity (Wildman–Crippen MR) is 154 cm³/mol. The number of hydrogen-bond donors (Lipinski definition) is 1. The third-order valence-corrected chi connectivity index (χ3v) is 8.49. The van der Waals surface area contributed by atoms with Crippen LogP contribution in [0.2, 0.25) is 0 Å². The summed E-state index contributed by atoms with van der Waals surface area (Å²) in [4.78, 5) is 56.5. The molecule has 7 rings (SSSR count). The number of nitro groups is 1. The van der Waals surface area contributed by atoms with Crippen LogP contribution in [0, 0.1) is 16.0 Å². The number of nitro benzene ring substituents is 1. The first-order chi connectivity index (χ1) is 19.9. The molecule has 8 nitrogen and oxygen atoms in total. The molecule has 0 radical (unpaired) electrons. The lowest BCUT2D eigenvalue weighted by Gasteiger charge is -2.37. The maximum atomic E-state index is 14.6. The molecule has 0 bridgehead atoms. The fourth-order valence-electron chi connectivity index (χ4n) is 6.85. The average Bonchev–Trinajstić information content (AvgIpc) is 3.49. The van der Waals surface area contributed by atoms with E-state index in [2.05, 4.69) is 5.32 Å². The molecule has 4 aromatic rings. The fraction of sp³-hybridized carbons (Fsp3) is 0.121. The lowest BCUT2D eigenvalue weighted by Crippen LogP contribution is -2.51. The maximum absolute atomic E-state index is 14.6. The number of amides is 1. The number of nitrogens with zero attached hydrogens (tertiary/aromatic N) is 2. The molecule has 4 aromatic carbocycles. The third kappa shape index (κ3) is 3.43. The van der Waals surface area contributed by atoms with Crippen LogP contribution in [0.4, 0.5) is 17.1 Å². The van der Waals surface area contributed by atoms with Crippen LogP contribution in [0.5, 0.6) is 0 Å². The number of ketones is 2. The van der Waals surface area contributed by atoms with Gasteiger partial charge in [-0.05, 0) is 23.3 Å². The summed E-state index contributed by atoms with van der Waals surface area (Å²) in [6, 6.07) is 27.2. The van der Waals surface area contributed by atoms with Crippen LogP contribution in [0.1, 0.15) is 31.8 Å². The quantitative estimate of drug-likeness (QED) is 0.204. The normalized spacial score (nSPS) is 23.5. The molecule has 200 valence electrons. The SMILES string of the molecule is O=C(c1ccccc1)[C@@H]1[C@H](C(=O)c2cccc([N+](=O)[O-])c2)N2c3ccccc3C=C[C@@H]2[C@@]12C(=O)Nc1ccccc12. The van der Waals surface area contributed by atoms with Gasteiger partial charge in [0.15, 0.2) is 11.6 Å². The average molecular weight is 542 g/mol. The Hall–Kier alpha value is -5.37. The van der Waals surface area contributed by atoms with Crippen LogP contribution in [0.3, 0.4) is 0 Å². The molecule has 0 saturated carbocycles. The maximum Gasteiger partial charge on any atom is 0.270 e. The zero-order valence-corrected chi connectivity index (χ0v) is 21.6. The molecule has 3 heterocycles. The van der Waals surface area contributed by atoms with Gasteiger partial charge in [0.25, 0.3) is 5.69 Å². The molecule has 0 aromatic heterocycles. The van der Waals surface area contributed by atoms with Crippen LogP contribution < -0.4 is 10.2 Å². The van der Waals surface area contributed by atoms with E-state index in [0.29, 0.717) is 22.5 Å². The summed E-state index contributed by atoms with van der Waals surface area (Å²) in [5.74, 6) is -2.31. The molecular weight excluding hydrogens is 518 g/mol. The number of carbonyl (C=O) groups is 3. The molecule has 41 heavy (non-hydrogen) atoms. The Morgan fingerprint density at radius 3 is 2.34 bits per heavy atom. The number of anilines is 2. The van der Waals surface area contributed by atoms with Crippen molar-refractivity contribution < 1.29 is 19.3 Å². The van der Waals surface area contributed by atoms with Crippen molar-refractivity contribution in [2.45, 2.75) is 17.5 Å². The van der Waals surface area contributed by atoms with Gasteiger partial charge in [0.2, 0.25) is 5.91 Å². The van der Waals surface area contributed by atoms with Gasteiger partial charge in [0, 0.05) is 34.6 Å². The summed E-state index contributed by atoms with van der Waals surface area (Å²) in [7, 11) is 0. The summed E-state index contributed by atoms with van der Waals surface area (Å²) >= 11 is 0. The minimum absolute atomic E-state index is 0.101. The number of Topliss-reactive ketones (excluding diaryl/α,β-unsaturated/α-hetero) is 2. The van der Waals surface area contributed by atoms with E-state index in [1.807, 2.05) is 59.5 Å². The second kappa shape index (κ2) is 9.09. The van der Waals surface area contributed by atoms with Crippen molar-refractivity contribution in [1.29, 1.82) is 0 Å². The summed E-state index contributed by atoms with van der Waals surface area (Å²) in [5.41, 5.74) is 1.61. The summed E-state index contributed by atoms with van der Waals surface area (Å²) < 4.78 is 0. The topological polar surface area (TPSA) is 110 Å². The molecule has 3 aliphatic rings. The Balaban J connectivity index is 1.53. The van der Waals surface area contributed by atoms with Crippen LogP contribution in [-0.2, 0) is 10.2 Å². The summed E-state index contributed by atoms with van der Waals surface area (Å²) in [6.45, 7) is 0. The molecule has 0 aliphatic carbocycles. The highest BCUT2D eigenvalue weighted by Crippen LogP contribution is 2.58. The molecule has 1 fully saturated rings. The second-order valence-electron chi connectivity index (χ2n) is 10.5. The van der Waals surface area contributed by atoms with Gasteiger partial charge in [0.1, 0.15) is 11.5 Å². The zero-order valence-electron chi connectivity index (χ0n) is 21.6. The first-order valence-electron chi connectivity index (χ1n) is 13.3. The van der Waals surface area contributed by atoms with E-state index in [4.69, 9.17) is 0 Å². The van der Waals surface area contributed by atoms with Crippen molar-refractivity contribution in [3.63, 3.8) is 0 Å². The Labute approximate surface area is 235 Å².